The quantitative estimate of drug-likeness (QED) is 0.720. The van der Waals surface area contributed by atoms with Gasteiger partial charge in [0.1, 0.15) is 0 Å². The Morgan fingerprint density at radius 1 is 0.880 bits per heavy atom. The molecule has 2 amide bonds. The highest BCUT2D eigenvalue weighted by Gasteiger charge is 2.38. The molecule has 0 bridgehead atoms. The van der Waals surface area contributed by atoms with Crippen LogP contribution in [-0.4, -0.2) is 18.0 Å². The second-order valence-corrected chi connectivity index (χ2v) is 5.82. The molecule has 0 heterocycles. The molecule has 0 aliphatic heterocycles. The van der Waals surface area contributed by atoms with Gasteiger partial charge in [-0.1, -0.05) is 28.1 Å². The molecule has 2 aromatic carbocycles. The summed E-state index contributed by atoms with van der Waals surface area (Å²) in [5.74, 6) is -2.45. The highest BCUT2D eigenvalue weighted by Crippen LogP contribution is 2.19. The van der Waals surface area contributed by atoms with Gasteiger partial charge in [-0.2, -0.15) is 13.2 Å². The largest absolute Gasteiger partial charge is 0.471 e. The lowest BCUT2D eigenvalue weighted by molar-refractivity contribution is -0.167. The summed E-state index contributed by atoms with van der Waals surface area (Å²) >= 11 is 3.31. The van der Waals surface area contributed by atoms with E-state index in [0.29, 0.717) is 5.69 Å². The van der Waals surface area contributed by atoms with Gasteiger partial charge in [-0.15, -0.1) is 0 Å². The van der Waals surface area contributed by atoms with Gasteiger partial charge >= 0.3 is 12.1 Å². The van der Waals surface area contributed by atoms with Crippen LogP contribution in [-0.2, 0) is 9.59 Å². The first-order valence-electron chi connectivity index (χ1n) is 6.97. The molecule has 0 aliphatic carbocycles. The molecule has 25 heavy (non-hydrogen) atoms. The number of halogens is 4. The summed E-state index contributed by atoms with van der Waals surface area (Å²) < 4.78 is 37.4. The monoisotopic (exact) mass is 412 g/mol. The third kappa shape index (κ3) is 6.07. The SMILES string of the molecule is O=C(/C=C/c1ccc(Br)cc1)Nc1ccc(NC(=O)C(F)(F)F)cc1. The Kier molecular flexibility index (Phi) is 5.97. The number of nitrogens with one attached hydrogen (secondary N) is 2. The number of benzene rings is 2. The number of anilines is 2. The number of amides is 2. The second-order valence-electron chi connectivity index (χ2n) is 4.90. The zero-order chi connectivity index (χ0) is 18.4. The molecular weight excluding hydrogens is 401 g/mol. The topological polar surface area (TPSA) is 58.2 Å². The van der Waals surface area contributed by atoms with Gasteiger partial charge in [-0.25, -0.2) is 0 Å². The van der Waals surface area contributed by atoms with E-state index in [-0.39, 0.29) is 5.69 Å². The van der Waals surface area contributed by atoms with Crippen LogP contribution in [0.2, 0.25) is 0 Å². The summed E-state index contributed by atoms with van der Waals surface area (Å²) in [6.45, 7) is 0. The molecule has 2 N–H and O–H groups in total. The van der Waals surface area contributed by atoms with Crippen LogP contribution in [0.3, 0.4) is 0 Å². The van der Waals surface area contributed by atoms with Crippen LogP contribution in [0, 0.1) is 0 Å². The molecule has 0 aromatic heterocycles. The van der Waals surface area contributed by atoms with Crippen molar-refractivity contribution in [2.24, 2.45) is 0 Å². The molecule has 0 radical (unpaired) electrons. The van der Waals surface area contributed by atoms with Crippen LogP contribution in [0.15, 0.2) is 59.1 Å². The lowest BCUT2D eigenvalue weighted by Gasteiger charge is -2.08. The molecule has 130 valence electrons. The Morgan fingerprint density at radius 3 is 1.92 bits per heavy atom. The molecular formula is C17H12BrF3N2O2. The summed E-state index contributed by atoms with van der Waals surface area (Å²) in [6, 6.07) is 12.6. The first-order chi connectivity index (χ1) is 11.7. The number of carbonyl (C=O) groups is 2. The van der Waals surface area contributed by atoms with Gasteiger partial charge in [-0.3, -0.25) is 9.59 Å². The van der Waals surface area contributed by atoms with Crippen molar-refractivity contribution in [3.63, 3.8) is 0 Å². The summed E-state index contributed by atoms with van der Waals surface area (Å²) in [4.78, 5) is 22.6. The average Bonchev–Trinajstić information content (AvgIpc) is 2.55. The van der Waals surface area contributed by atoms with Crippen LogP contribution >= 0.6 is 15.9 Å². The van der Waals surface area contributed by atoms with Crippen molar-refractivity contribution in [2.75, 3.05) is 10.6 Å². The van der Waals surface area contributed by atoms with E-state index in [9.17, 15) is 22.8 Å². The standard InChI is InChI=1S/C17H12BrF3N2O2/c18-12-4-1-11(2-5-12)3-10-15(24)22-13-6-8-14(9-7-13)23-16(25)17(19,20)21/h1-10H,(H,22,24)(H,23,25)/b10-3+. The van der Waals surface area contributed by atoms with Crippen molar-refractivity contribution in [3.8, 4) is 0 Å². The normalized spacial score (nSPS) is 11.4. The van der Waals surface area contributed by atoms with Crippen LogP contribution in [0.5, 0.6) is 0 Å². The highest BCUT2D eigenvalue weighted by atomic mass is 79.9. The van der Waals surface area contributed by atoms with Crippen LogP contribution in [0.1, 0.15) is 5.56 Å². The van der Waals surface area contributed by atoms with Gasteiger partial charge in [0.25, 0.3) is 0 Å². The van der Waals surface area contributed by atoms with Gasteiger partial charge in [0.05, 0.1) is 0 Å². The molecule has 0 atom stereocenters. The minimum atomic E-state index is -4.95. The van der Waals surface area contributed by atoms with E-state index in [0.717, 1.165) is 10.0 Å². The molecule has 0 saturated heterocycles. The first-order valence-corrected chi connectivity index (χ1v) is 7.76. The van der Waals surface area contributed by atoms with E-state index in [2.05, 4.69) is 21.2 Å². The highest BCUT2D eigenvalue weighted by molar-refractivity contribution is 9.10. The Balaban J connectivity index is 1.93. The van der Waals surface area contributed by atoms with Gasteiger partial charge in [-0.05, 0) is 48.0 Å². The predicted molar refractivity (Wildman–Crippen MR) is 92.9 cm³/mol. The minimum Gasteiger partial charge on any atom is -0.323 e. The van der Waals surface area contributed by atoms with E-state index in [4.69, 9.17) is 0 Å². The molecule has 0 spiro atoms. The van der Waals surface area contributed by atoms with Gasteiger partial charge in [0, 0.05) is 21.9 Å². The van der Waals surface area contributed by atoms with Crippen molar-refractivity contribution in [1.29, 1.82) is 0 Å². The van der Waals surface area contributed by atoms with Crippen LogP contribution in [0.4, 0.5) is 24.5 Å². The Morgan fingerprint density at radius 2 is 1.40 bits per heavy atom. The van der Waals surface area contributed by atoms with Crippen molar-refractivity contribution in [2.45, 2.75) is 6.18 Å². The van der Waals surface area contributed by atoms with Crippen molar-refractivity contribution in [3.05, 3.63) is 64.6 Å². The van der Waals surface area contributed by atoms with Crippen molar-refractivity contribution >= 4 is 45.2 Å². The Labute approximate surface area is 149 Å². The summed E-state index contributed by atoms with van der Waals surface area (Å²) in [5.41, 5.74) is 1.20. The zero-order valence-electron chi connectivity index (χ0n) is 12.6. The molecule has 0 saturated carbocycles. The number of rotatable bonds is 4. The molecule has 2 rings (SSSR count). The third-order valence-electron chi connectivity index (χ3n) is 2.96. The second kappa shape index (κ2) is 7.98. The number of hydrogen-bond acceptors (Lipinski definition) is 2. The third-order valence-corrected chi connectivity index (χ3v) is 3.49. The maximum Gasteiger partial charge on any atom is 0.471 e. The van der Waals surface area contributed by atoms with Crippen molar-refractivity contribution < 1.29 is 22.8 Å². The smallest absolute Gasteiger partial charge is 0.323 e. The molecule has 4 nitrogen and oxygen atoms in total. The average molecular weight is 413 g/mol. The lowest BCUT2D eigenvalue weighted by atomic mass is 10.2. The fourth-order valence-corrected chi connectivity index (χ4v) is 2.03. The number of alkyl halides is 3. The van der Waals surface area contributed by atoms with Gasteiger partial charge in [0.2, 0.25) is 5.91 Å². The van der Waals surface area contributed by atoms with Crippen molar-refractivity contribution in [1.82, 2.24) is 0 Å². The Bertz CT molecular complexity index is 785. The maximum atomic E-state index is 12.2. The van der Waals surface area contributed by atoms with Gasteiger partial charge < -0.3 is 10.6 Å². The van der Waals surface area contributed by atoms with E-state index < -0.39 is 18.0 Å². The summed E-state index contributed by atoms with van der Waals surface area (Å²) in [5, 5.41) is 4.28. The molecule has 0 unspecified atom stereocenters. The van der Waals surface area contributed by atoms with Crippen LogP contribution in [0.25, 0.3) is 6.08 Å². The lowest BCUT2D eigenvalue weighted by Crippen LogP contribution is -2.29. The fourth-order valence-electron chi connectivity index (χ4n) is 1.77. The zero-order valence-corrected chi connectivity index (χ0v) is 14.2. The molecule has 2 aromatic rings. The van der Waals surface area contributed by atoms with E-state index in [1.165, 1.54) is 30.3 Å². The molecule has 0 aliphatic rings. The van der Waals surface area contributed by atoms with E-state index in [1.54, 1.807) is 11.4 Å². The first kappa shape index (κ1) is 18.7. The Hall–Kier alpha value is -2.61. The molecule has 8 heteroatoms. The summed E-state index contributed by atoms with van der Waals surface area (Å²) in [6.07, 6.45) is -1.99. The summed E-state index contributed by atoms with van der Waals surface area (Å²) in [7, 11) is 0. The fraction of sp³-hybridized carbons (Fsp3) is 0.0588. The van der Waals surface area contributed by atoms with Gasteiger partial charge in [0.15, 0.2) is 0 Å². The number of hydrogen-bond donors (Lipinski definition) is 2. The number of carbonyl (C=O) groups excluding carboxylic acids is 2. The van der Waals surface area contributed by atoms with E-state index in [1.807, 2.05) is 24.3 Å². The molecule has 0 fully saturated rings. The predicted octanol–water partition coefficient (Wildman–Crippen LogP) is 4.60. The maximum absolute atomic E-state index is 12.2. The van der Waals surface area contributed by atoms with Crippen LogP contribution < -0.4 is 10.6 Å². The minimum absolute atomic E-state index is 0.0225. The van der Waals surface area contributed by atoms with E-state index >= 15 is 0 Å².